The first-order valence-corrected chi connectivity index (χ1v) is 10.2. The Morgan fingerprint density at radius 1 is 1.30 bits per heavy atom. The fourth-order valence-electron chi connectivity index (χ4n) is 2.58. The van der Waals surface area contributed by atoms with Crippen LogP contribution < -0.4 is 10.8 Å². The molecule has 2 aromatic carbocycles. The van der Waals surface area contributed by atoms with Crippen LogP contribution in [0.1, 0.15) is 26.3 Å². The molecule has 0 aliphatic rings. The zero-order valence-electron chi connectivity index (χ0n) is 15.2. The van der Waals surface area contributed by atoms with Gasteiger partial charge >= 0.3 is 6.09 Å². The van der Waals surface area contributed by atoms with Gasteiger partial charge in [0.25, 0.3) is 0 Å². The number of ether oxygens (including phenoxy) is 1. The lowest BCUT2D eigenvalue weighted by Crippen LogP contribution is -2.27. The largest absolute Gasteiger partial charge is 0.444 e. The third kappa shape index (κ3) is 4.77. The first-order valence-electron chi connectivity index (χ1n) is 8.29. The molecule has 142 valence electrons. The Morgan fingerprint density at radius 3 is 2.74 bits per heavy atom. The molecule has 1 heterocycles. The highest BCUT2D eigenvalue weighted by atomic mass is 79.9. The van der Waals surface area contributed by atoms with Crippen molar-refractivity contribution in [1.29, 1.82) is 0 Å². The lowest BCUT2D eigenvalue weighted by molar-refractivity contribution is 0.0636. The van der Waals surface area contributed by atoms with Crippen LogP contribution in [0.5, 0.6) is 0 Å². The van der Waals surface area contributed by atoms with Gasteiger partial charge in [-0.3, -0.25) is 16.0 Å². The normalized spacial score (nSPS) is 11.4. The fraction of sp³-hybridized carbons (Fsp3) is 0.263. The highest BCUT2D eigenvalue weighted by Crippen LogP contribution is 2.36. The third-order valence-electron chi connectivity index (χ3n) is 3.62. The summed E-state index contributed by atoms with van der Waals surface area (Å²) >= 11 is 4.89. The highest BCUT2D eigenvalue weighted by molar-refractivity contribution is 9.08. The van der Waals surface area contributed by atoms with Crippen LogP contribution in [0.15, 0.2) is 36.4 Å². The SMILES string of the molecule is CC(C)(C)OC(=O)Nc1nc2c(-c3cccc(NO)c3)cc(CBr)cc2s1. The third-order valence-corrected chi connectivity index (χ3v) is 5.18. The van der Waals surface area contributed by atoms with Crippen molar-refractivity contribution in [3.05, 3.63) is 42.0 Å². The molecule has 8 heteroatoms. The summed E-state index contributed by atoms with van der Waals surface area (Å²) in [6.45, 7) is 5.44. The van der Waals surface area contributed by atoms with Crippen molar-refractivity contribution in [2.24, 2.45) is 0 Å². The minimum atomic E-state index is -0.577. The van der Waals surface area contributed by atoms with Gasteiger partial charge in [-0.25, -0.2) is 9.78 Å². The van der Waals surface area contributed by atoms with Crippen LogP contribution in [0.25, 0.3) is 21.3 Å². The van der Waals surface area contributed by atoms with E-state index in [4.69, 9.17) is 4.74 Å². The molecule has 0 atom stereocenters. The van der Waals surface area contributed by atoms with E-state index in [9.17, 15) is 10.0 Å². The fourth-order valence-corrected chi connectivity index (χ4v) is 3.85. The Bertz CT molecular complexity index is 982. The number of alkyl halides is 1. The Labute approximate surface area is 169 Å². The summed E-state index contributed by atoms with van der Waals surface area (Å²) < 4.78 is 6.25. The Morgan fingerprint density at radius 2 is 2.07 bits per heavy atom. The molecule has 1 aromatic heterocycles. The molecule has 0 spiro atoms. The number of nitrogens with zero attached hydrogens (tertiary/aromatic N) is 1. The Hall–Kier alpha value is -2.16. The van der Waals surface area contributed by atoms with Gasteiger partial charge in [0.1, 0.15) is 5.60 Å². The quantitative estimate of drug-likeness (QED) is 0.335. The number of hydrogen-bond acceptors (Lipinski definition) is 6. The summed E-state index contributed by atoms with van der Waals surface area (Å²) in [5.74, 6) is 0. The zero-order valence-corrected chi connectivity index (χ0v) is 17.6. The molecule has 6 nitrogen and oxygen atoms in total. The maximum atomic E-state index is 12.1. The number of fused-ring (bicyclic) bond motifs is 1. The van der Waals surface area contributed by atoms with E-state index in [0.29, 0.717) is 16.1 Å². The second-order valence-corrected chi connectivity index (χ2v) is 8.55. The molecule has 0 unspecified atom stereocenters. The van der Waals surface area contributed by atoms with Crippen molar-refractivity contribution in [1.82, 2.24) is 4.98 Å². The molecular formula is C19H20BrN3O3S. The van der Waals surface area contributed by atoms with Crippen molar-refractivity contribution >= 4 is 54.4 Å². The number of halogens is 1. The van der Waals surface area contributed by atoms with E-state index in [2.05, 4.69) is 31.7 Å². The van der Waals surface area contributed by atoms with Crippen LogP contribution in [-0.4, -0.2) is 21.9 Å². The predicted molar refractivity (Wildman–Crippen MR) is 113 cm³/mol. The summed E-state index contributed by atoms with van der Waals surface area (Å²) in [4.78, 5) is 16.7. The van der Waals surface area contributed by atoms with Gasteiger partial charge in [-0.1, -0.05) is 39.4 Å². The van der Waals surface area contributed by atoms with Gasteiger partial charge in [-0.15, -0.1) is 0 Å². The molecule has 0 saturated heterocycles. The number of amides is 1. The maximum absolute atomic E-state index is 12.1. The Balaban J connectivity index is 2.03. The topological polar surface area (TPSA) is 83.5 Å². The molecule has 0 aliphatic carbocycles. The second-order valence-electron chi connectivity index (χ2n) is 6.96. The smallest absolute Gasteiger partial charge is 0.413 e. The molecule has 27 heavy (non-hydrogen) atoms. The summed E-state index contributed by atoms with van der Waals surface area (Å²) in [6.07, 6.45) is -0.532. The molecule has 3 N–H and O–H groups in total. The zero-order chi connectivity index (χ0) is 19.6. The number of hydrogen-bond donors (Lipinski definition) is 3. The predicted octanol–water partition coefficient (Wildman–Crippen LogP) is 6.01. The van der Waals surface area contributed by atoms with Gasteiger partial charge in [0.2, 0.25) is 0 Å². The first-order chi connectivity index (χ1) is 12.8. The minimum Gasteiger partial charge on any atom is -0.444 e. The number of benzene rings is 2. The number of rotatable bonds is 4. The molecule has 0 bridgehead atoms. The average Bonchev–Trinajstić information content (AvgIpc) is 3.01. The molecule has 0 radical (unpaired) electrons. The average molecular weight is 450 g/mol. The van der Waals surface area contributed by atoms with Crippen LogP contribution in [0.4, 0.5) is 15.6 Å². The number of carbonyl (C=O) groups is 1. The second kappa shape index (κ2) is 7.84. The van der Waals surface area contributed by atoms with E-state index in [1.165, 1.54) is 11.3 Å². The number of carbonyl (C=O) groups excluding carboxylic acids is 1. The van der Waals surface area contributed by atoms with E-state index in [1.54, 1.807) is 6.07 Å². The molecule has 0 aliphatic heterocycles. The molecule has 0 saturated carbocycles. The maximum Gasteiger partial charge on any atom is 0.413 e. The number of nitrogens with one attached hydrogen (secondary N) is 2. The van der Waals surface area contributed by atoms with Crippen LogP contribution in [-0.2, 0) is 10.1 Å². The van der Waals surface area contributed by atoms with Gasteiger partial charge in [-0.05, 0) is 56.2 Å². The van der Waals surface area contributed by atoms with E-state index < -0.39 is 11.7 Å². The molecule has 3 rings (SSSR count). The van der Waals surface area contributed by atoms with E-state index in [-0.39, 0.29) is 0 Å². The molecule has 1 amide bonds. The molecule has 0 fully saturated rings. The lowest BCUT2D eigenvalue weighted by atomic mass is 10.0. The van der Waals surface area contributed by atoms with Gasteiger partial charge in [0, 0.05) is 10.9 Å². The van der Waals surface area contributed by atoms with Gasteiger partial charge in [0.15, 0.2) is 5.13 Å². The van der Waals surface area contributed by atoms with Crippen molar-refractivity contribution in [3.8, 4) is 11.1 Å². The Kier molecular flexibility index (Phi) is 5.69. The van der Waals surface area contributed by atoms with Crippen molar-refractivity contribution < 1.29 is 14.7 Å². The van der Waals surface area contributed by atoms with Crippen molar-refractivity contribution in [3.63, 3.8) is 0 Å². The number of anilines is 2. The molecular weight excluding hydrogens is 430 g/mol. The first kappa shape index (κ1) is 19.6. The van der Waals surface area contributed by atoms with Gasteiger partial charge < -0.3 is 4.74 Å². The van der Waals surface area contributed by atoms with Crippen LogP contribution in [0.3, 0.4) is 0 Å². The summed E-state index contributed by atoms with van der Waals surface area (Å²) in [5.41, 5.74) is 5.89. The molecule has 3 aromatic rings. The standard InChI is InChI=1S/C19H20BrN3O3S/c1-19(2,3)26-18(24)22-17-21-16-14(7-11(10-20)8-15(16)27-17)12-5-4-6-13(9-12)23-25/h4-9,23,25H,10H2,1-3H3,(H,21,22,24). The van der Waals surface area contributed by atoms with Crippen LogP contribution in [0, 0.1) is 0 Å². The van der Waals surface area contributed by atoms with Gasteiger partial charge in [0.05, 0.1) is 15.9 Å². The van der Waals surface area contributed by atoms with E-state index >= 15 is 0 Å². The summed E-state index contributed by atoms with van der Waals surface area (Å²) in [7, 11) is 0. The van der Waals surface area contributed by atoms with E-state index in [1.807, 2.05) is 51.1 Å². The lowest BCUT2D eigenvalue weighted by Gasteiger charge is -2.18. The van der Waals surface area contributed by atoms with Crippen molar-refractivity contribution in [2.75, 3.05) is 10.8 Å². The number of aromatic nitrogens is 1. The summed E-state index contributed by atoms with van der Waals surface area (Å²) in [5, 5.41) is 13.1. The van der Waals surface area contributed by atoms with Crippen molar-refractivity contribution in [2.45, 2.75) is 31.7 Å². The highest BCUT2D eigenvalue weighted by Gasteiger charge is 2.18. The summed E-state index contributed by atoms with van der Waals surface area (Å²) in [6, 6.07) is 11.5. The van der Waals surface area contributed by atoms with E-state index in [0.717, 1.165) is 26.9 Å². The van der Waals surface area contributed by atoms with Crippen LogP contribution >= 0.6 is 27.3 Å². The minimum absolute atomic E-state index is 0.476. The van der Waals surface area contributed by atoms with Crippen LogP contribution in [0.2, 0.25) is 0 Å². The van der Waals surface area contributed by atoms with Gasteiger partial charge in [-0.2, -0.15) is 0 Å². The monoisotopic (exact) mass is 449 g/mol. The number of thiazole rings is 1.